The van der Waals surface area contributed by atoms with Crippen LogP contribution in [0.3, 0.4) is 0 Å². The Labute approximate surface area is 118 Å². The van der Waals surface area contributed by atoms with Crippen molar-refractivity contribution in [2.24, 2.45) is 5.73 Å². The number of nitrogens with two attached hydrogens (primary N) is 1. The molecule has 0 amide bonds. The maximum absolute atomic E-state index is 13.6. The van der Waals surface area contributed by atoms with Crippen LogP contribution >= 0.6 is 0 Å². The SMILES string of the molecule is CCCOCC(N)c1noc(-c2c(F)cc(F)cc2F)n1. The average Bonchev–Trinajstić information content (AvgIpc) is 2.87. The number of hydrogen-bond donors (Lipinski definition) is 1. The first-order valence-electron chi connectivity index (χ1n) is 6.34. The molecule has 2 aromatic rings. The van der Waals surface area contributed by atoms with E-state index in [0.29, 0.717) is 18.7 Å². The summed E-state index contributed by atoms with van der Waals surface area (Å²) < 4.78 is 50.0. The summed E-state index contributed by atoms with van der Waals surface area (Å²) in [6.07, 6.45) is 0.830. The smallest absolute Gasteiger partial charge is 0.263 e. The summed E-state index contributed by atoms with van der Waals surface area (Å²) in [6, 6.07) is 0.389. The van der Waals surface area contributed by atoms with Crippen LogP contribution in [-0.2, 0) is 4.74 Å². The minimum atomic E-state index is -1.13. The van der Waals surface area contributed by atoms with Gasteiger partial charge in [-0.2, -0.15) is 4.98 Å². The fraction of sp³-hybridized carbons (Fsp3) is 0.385. The summed E-state index contributed by atoms with van der Waals surface area (Å²) in [5.74, 6) is -3.62. The summed E-state index contributed by atoms with van der Waals surface area (Å²) in [6.45, 7) is 2.62. The molecule has 5 nitrogen and oxygen atoms in total. The van der Waals surface area contributed by atoms with E-state index in [1.807, 2.05) is 6.92 Å². The van der Waals surface area contributed by atoms with Crippen molar-refractivity contribution in [1.82, 2.24) is 10.1 Å². The summed E-state index contributed by atoms with van der Waals surface area (Å²) in [5, 5.41) is 3.56. The molecule has 0 aliphatic heterocycles. The van der Waals surface area contributed by atoms with E-state index < -0.39 is 34.9 Å². The summed E-state index contributed by atoms with van der Waals surface area (Å²) >= 11 is 0. The highest BCUT2D eigenvalue weighted by Gasteiger charge is 2.21. The van der Waals surface area contributed by atoms with Crippen molar-refractivity contribution in [2.45, 2.75) is 19.4 Å². The Morgan fingerprint density at radius 3 is 2.57 bits per heavy atom. The van der Waals surface area contributed by atoms with Crippen LogP contribution in [0.2, 0.25) is 0 Å². The van der Waals surface area contributed by atoms with Crippen LogP contribution in [-0.4, -0.2) is 23.4 Å². The van der Waals surface area contributed by atoms with Crippen LogP contribution in [0.15, 0.2) is 16.7 Å². The van der Waals surface area contributed by atoms with Crippen molar-refractivity contribution < 1.29 is 22.4 Å². The van der Waals surface area contributed by atoms with Crippen LogP contribution in [0.1, 0.15) is 25.2 Å². The molecule has 2 N–H and O–H groups in total. The second kappa shape index (κ2) is 6.68. The summed E-state index contributed by atoms with van der Waals surface area (Å²) in [4.78, 5) is 3.83. The molecule has 2 rings (SSSR count). The Balaban J connectivity index is 2.20. The van der Waals surface area contributed by atoms with E-state index in [2.05, 4.69) is 10.1 Å². The van der Waals surface area contributed by atoms with Gasteiger partial charge in [-0.3, -0.25) is 0 Å². The molecule has 0 aliphatic rings. The molecule has 1 heterocycles. The Morgan fingerprint density at radius 1 is 1.29 bits per heavy atom. The molecule has 8 heteroatoms. The highest BCUT2D eigenvalue weighted by molar-refractivity contribution is 5.54. The van der Waals surface area contributed by atoms with Gasteiger partial charge in [0.05, 0.1) is 12.6 Å². The van der Waals surface area contributed by atoms with Gasteiger partial charge in [0, 0.05) is 18.7 Å². The van der Waals surface area contributed by atoms with E-state index in [4.69, 9.17) is 15.0 Å². The van der Waals surface area contributed by atoms with Crippen LogP contribution in [0.4, 0.5) is 13.2 Å². The minimum Gasteiger partial charge on any atom is -0.379 e. The molecule has 0 aliphatic carbocycles. The van der Waals surface area contributed by atoms with Crippen molar-refractivity contribution in [2.75, 3.05) is 13.2 Å². The van der Waals surface area contributed by atoms with Gasteiger partial charge in [0.25, 0.3) is 5.89 Å². The Kier molecular flexibility index (Phi) is 4.92. The highest BCUT2D eigenvalue weighted by atomic mass is 19.1. The van der Waals surface area contributed by atoms with E-state index in [0.717, 1.165) is 6.42 Å². The maximum Gasteiger partial charge on any atom is 0.263 e. The zero-order valence-corrected chi connectivity index (χ0v) is 11.3. The molecule has 0 spiro atoms. The first-order valence-corrected chi connectivity index (χ1v) is 6.34. The fourth-order valence-corrected chi connectivity index (χ4v) is 1.66. The second-order valence-corrected chi connectivity index (χ2v) is 4.38. The Hall–Kier alpha value is -1.93. The topological polar surface area (TPSA) is 74.2 Å². The van der Waals surface area contributed by atoms with E-state index in [-0.39, 0.29) is 12.4 Å². The first-order chi connectivity index (χ1) is 10.0. The lowest BCUT2D eigenvalue weighted by Crippen LogP contribution is -2.18. The van der Waals surface area contributed by atoms with Gasteiger partial charge in [0.2, 0.25) is 0 Å². The van der Waals surface area contributed by atoms with Crippen molar-refractivity contribution in [3.05, 3.63) is 35.4 Å². The zero-order valence-electron chi connectivity index (χ0n) is 11.3. The lowest BCUT2D eigenvalue weighted by molar-refractivity contribution is 0.119. The predicted octanol–water partition coefficient (Wildman–Crippen LogP) is 2.58. The van der Waals surface area contributed by atoms with E-state index in [1.54, 1.807) is 0 Å². The third-order valence-corrected chi connectivity index (χ3v) is 2.64. The van der Waals surface area contributed by atoms with Crippen molar-refractivity contribution in [3.63, 3.8) is 0 Å². The fourth-order valence-electron chi connectivity index (χ4n) is 1.66. The number of rotatable bonds is 6. The van der Waals surface area contributed by atoms with Crippen LogP contribution in [0.5, 0.6) is 0 Å². The molecule has 0 bridgehead atoms. The van der Waals surface area contributed by atoms with Crippen LogP contribution in [0.25, 0.3) is 11.5 Å². The van der Waals surface area contributed by atoms with Gasteiger partial charge >= 0.3 is 0 Å². The van der Waals surface area contributed by atoms with Gasteiger partial charge in [-0.1, -0.05) is 12.1 Å². The molecule has 1 unspecified atom stereocenters. The largest absolute Gasteiger partial charge is 0.379 e. The van der Waals surface area contributed by atoms with Gasteiger partial charge in [-0.15, -0.1) is 0 Å². The van der Waals surface area contributed by atoms with Gasteiger partial charge < -0.3 is 15.0 Å². The summed E-state index contributed by atoms with van der Waals surface area (Å²) in [5.41, 5.74) is 5.18. The van der Waals surface area contributed by atoms with E-state index in [9.17, 15) is 13.2 Å². The number of halogens is 3. The lowest BCUT2D eigenvalue weighted by atomic mass is 10.2. The van der Waals surface area contributed by atoms with Crippen LogP contribution < -0.4 is 5.73 Å². The molecule has 0 saturated heterocycles. The molecule has 0 radical (unpaired) electrons. The second-order valence-electron chi connectivity index (χ2n) is 4.38. The van der Waals surface area contributed by atoms with Gasteiger partial charge in [-0.05, 0) is 6.42 Å². The molecule has 114 valence electrons. The molecule has 1 aromatic carbocycles. The van der Waals surface area contributed by atoms with E-state index >= 15 is 0 Å². The molecule has 0 fully saturated rings. The standard InChI is InChI=1S/C13H14F3N3O2/c1-2-3-20-6-10(17)12-18-13(21-19-12)11-8(15)4-7(14)5-9(11)16/h4-5,10H,2-3,6,17H2,1H3. The minimum absolute atomic E-state index is 0.0595. The van der Waals surface area contributed by atoms with Crippen molar-refractivity contribution >= 4 is 0 Å². The number of nitrogens with zero attached hydrogens (tertiary/aromatic N) is 2. The van der Waals surface area contributed by atoms with E-state index in [1.165, 1.54) is 0 Å². The highest BCUT2D eigenvalue weighted by Crippen LogP contribution is 2.26. The molecular weight excluding hydrogens is 287 g/mol. The quantitative estimate of drug-likeness (QED) is 0.830. The van der Waals surface area contributed by atoms with Crippen LogP contribution in [0, 0.1) is 17.5 Å². The third-order valence-electron chi connectivity index (χ3n) is 2.64. The third kappa shape index (κ3) is 3.59. The normalized spacial score (nSPS) is 12.6. The predicted molar refractivity (Wildman–Crippen MR) is 67.6 cm³/mol. The molecule has 1 aromatic heterocycles. The van der Waals surface area contributed by atoms with Crippen molar-refractivity contribution in [3.8, 4) is 11.5 Å². The number of aromatic nitrogens is 2. The average molecular weight is 301 g/mol. The van der Waals surface area contributed by atoms with Gasteiger partial charge in [0.1, 0.15) is 23.0 Å². The number of benzene rings is 1. The molecular formula is C13H14F3N3O2. The Bertz CT molecular complexity index is 595. The molecule has 1 atom stereocenters. The van der Waals surface area contributed by atoms with Gasteiger partial charge in [-0.25, -0.2) is 13.2 Å². The number of hydrogen-bond acceptors (Lipinski definition) is 5. The first kappa shape index (κ1) is 15.5. The lowest BCUT2D eigenvalue weighted by Gasteiger charge is -2.06. The van der Waals surface area contributed by atoms with Gasteiger partial charge in [0.15, 0.2) is 5.82 Å². The zero-order chi connectivity index (χ0) is 15.4. The number of ether oxygens (including phenoxy) is 1. The molecule has 21 heavy (non-hydrogen) atoms. The molecule has 0 saturated carbocycles. The van der Waals surface area contributed by atoms with Crippen molar-refractivity contribution in [1.29, 1.82) is 0 Å². The Morgan fingerprint density at radius 2 is 1.95 bits per heavy atom. The monoisotopic (exact) mass is 301 g/mol. The maximum atomic E-state index is 13.6. The summed E-state index contributed by atoms with van der Waals surface area (Å²) in [7, 11) is 0.